The van der Waals surface area contributed by atoms with E-state index in [0.29, 0.717) is 24.9 Å². The van der Waals surface area contributed by atoms with E-state index >= 15 is 0 Å². The van der Waals surface area contributed by atoms with Crippen LogP contribution >= 0.6 is 12.4 Å². The predicted molar refractivity (Wildman–Crippen MR) is 99.2 cm³/mol. The molecular formula is C18H23ClN4O3. The van der Waals surface area contributed by atoms with Crippen LogP contribution in [-0.4, -0.2) is 41.9 Å². The number of carbonyl (C=O) groups excluding carboxylic acids is 2. The molecule has 7 nitrogen and oxygen atoms in total. The zero-order chi connectivity index (χ0) is 17.7. The van der Waals surface area contributed by atoms with Gasteiger partial charge in [-0.2, -0.15) is 5.10 Å². The molecule has 2 aromatic rings. The van der Waals surface area contributed by atoms with E-state index in [0.717, 1.165) is 18.7 Å². The van der Waals surface area contributed by atoms with Crippen molar-refractivity contribution in [2.45, 2.75) is 24.9 Å². The first-order valence-electron chi connectivity index (χ1n) is 8.32. The highest BCUT2D eigenvalue weighted by molar-refractivity contribution is 5.89. The maximum Gasteiger partial charge on any atom is 0.337 e. The number of amides is 1. The topological polar surface area (TPSA) is 85.2 Å². The van der Waals surface area contributed by atoms with Gasteiger partial charge in [0.15, 0.2) is 0 Å². The van der Waals surface area contributed by atoms with Crippen molar-refractivity contribution in [3.05, 3.63) is 53.9 Å². The van der Waals surface area contributed by atoms with E-state index in [-0.39, 0.29) is 24.3 Å². The number of nitrogens with one attached hydrogen (secondary N) is 2. The Morgan fingerprint density at radius 3 is 2.73 bits per heavy atom. The van der Waals surface area contributed by atoms with E-state index < -0.39 is 5.54 Å². The fourth-order valence-corrected chi connectivity index (χ4v) is 3.20. The average molecular weight is 379 g/mol. The molecular weight excluding hydrogens is 356 g/mol. The number of piperidine rings is 1. The molecule has 140 valence electrons. The molecule has 1 amide bonds. The molecule has 0 radical (unpaired) electrons. The van der Waals surface area contributed by atoms with Crippen LogP contribution in [0.25, 0.3) is 0 Å². The Morgan fingerprint density at radius 1 is 1.31 bits per heavy atom. The Labute approximate surface area is 158 Å². The maximum atomic E-state index is 13.0. The van der Waals surface area contributed by atoms with Crippen LogP contribution in [-0.2, 0) is 21.6 Å². The number of rotatable bonds is 5. The minimum absolute atomic E-state index is 0. The van der Waals surface area contributed by atoms with E-state index in [4.69, 9.17) is 4.74 Å². The summed E-state index contributed by atoms with van der Waals surface area (Å²) in [5, 5.41) is 10.6. The van der Waals surface area contributed by atoms with Crippen molar-refractivity contribution in [3.8, 4) is 0 Å². The van der Waals surface area contributed by atoms with Gasteiger partial charge in [0.1, 0.15) is 5.54 Å². The molecule has 0 atom stereocenters. The summed E-state index contributed by atoms with van der Waals surface area (Å²) in [5.74, 6) is -0.444. The minimum Gasteiger partial charge on any atom is -0.465 e. The van der Waals surface area contributed by atoms with Crippen LogP contribution in [0.5, 0.6) is 0 Å². The molecule has 1 saturated heterocycles. The highest BCUT2D eigenvalue weighted by atomic mass is 35.5. The molecule has 8 heteroatoms. The number of esters is 1. The molecule has 2 N–H and O–H groups in total. The average Bonchev–Trinajstić information content (AvgIpc) is 3.21. The van der Waals surface area contributed by atoms with Gasteiger partial charge in [0.25, 0.3) is 0 Å². The minimum atomic E-state index is -0.672. The maximum absolute atomic E-state index is 13.0. The van der Waals surface area contributed by atoms with Gasteiger partial charge in [0, 0.05) is 18.9 Å². The van der Waals surface area contributed by atoms with E-state index in [1.807, 2.05) is 18.3 Å². The molecule has 0 spiro atoms. The summed E-state index contributed by atoms with van der Waals surface area (Å²) in [6.45, 7) is 1.89. The van der Waals surface area contributed by atoms with Crippen molar-refractivity contribution in [1.29, 1.82) is 0 Å². The van der Waals surface area contributed by atoms with Gasteiger partial charge in [-0.15, -0.1) is 12.4 Å². The zero-order valence-electron chi connectivity index (χ0n) is 14.6. The van der Waals surface area contributed by atoms with Gasteiger partial charge in [-0.05, 0) is 49.7 Å². The van der Waals surface area contributed by atoms with Crippen molar-refractivity contribution < 1.29 is 14.3 Å². The van der Waals surface area contributed by atoms with Crippen molar-refractivity contribution in [3.63, 3.8) is 0 Å². The molecule has 0 bridgehead atoms. The molecule has 0 saturated carbocycles. The molecule has 3 rings (SSSR count). The number of carbonyl (C=O) groups is 2. The second kappa shape index (κ2) is 8.82. The first-order chi connectivity index (χ1) is 12.2. The Morgan fingerprint density at radius 2 is 2.08 bits per heavy atom. The number of aromatic nitrogens is 2. The van der Waals surface area contributed by atoms with Gasteiger partial charge in [-0.1, -0.05) is 12.1 Å². The molecule has 0 aliphatic carbocycles. The van der Waals surface area contributed by atoms with E-state index in [2.05, 4.69) is 15.7 Å². The fourth-order valence-electron chi connectivity index (χ4n) is 3.20. The molecule has 1 aromatic carbocycles. The van der Waals surface area contributed by atoms with Crippen LogP contribution in [0, 0.1) is 0 Å². The molecule has 1 aromatic heterocycles. The lowest BCUT2D eigenvalue weighted by Crippen LogP contribution is -2.54. The molecule has 1 aliphatic rings. The lowest BCUT2D eigenvalue weighted by molar-refractivity contribution is -0.132. The summed E-state index contributed by atoms with van der Waals surface area (Å²) < 4.78 is 6.49. The fraction of sp³-hybridized carbons (Fsp3) is 0.389. The molecule has 2 heterocycles. The van der Waals surface area contributed by atoms with Crippen LogP contribution in [0.2, 0.25) is 0 Å². The van der Waals surface area contributed by atoms with Crippen molar-refractivity contribution in [2.24, 2.45) is 0 Å². The van der Waals surface area contributed by atoms with Crippen LogP contribution in [0.15, 0.2) is 42.7 Å². The van der Waals surface area contributed by atoms with E-state index in [1.54, 1.807) is 29.1 Å². The molecule has 0 unspecified atom stereocenters. The number of hydrogen-bond donors (Lipinski definition) is 2. The summed E-state index contributed by atoms with van der Waals surface area (Å²) in [7, 11) is 1.35. The lowest BCUT2D eigenvalue weighted by Gasteiger charge is -2.36. The Bertz CT molecular complexity index is 743. The monoisotopic (exact) mass is 378 g/mol. The van der Waals surface area contributed by atoms with E-state index in [1.165, 1.54) is 7.11 Å². The number of hydrogen-bond acceptors (Lipinski definition) is 5. The van der Waals surface area contributed by atoms with Crippen LogP contribution < -0.4 is 10.6 Å². The number of methoxy groups -OCH3 is 1. The second-order valence-corrected chi connectivity index (χ2v) is 6.11. The van der Waals surface area contributed by atoms with Gasteiger partial charge in [0.05, 0.1) is 12.7 Å². The quantitative estimate of drug-likeness (QED) is 0.770. The number of nitrogens with zero attached hydrogens (tertiary/aromatic N) is 2. The SMILES string of the molecule is COC(=O)c1cccc(CNC(=O)C2(n3cccn3)CCNCC2)c1.Cl. The summed E-state index contributed by atoms with van der Waals surface area (Å²) in [4.78, 5) is 24.6. The zero-order valence-corrected chi connectivity index (χ0v) is 15.4. The predicted octanol–water partition coefficient (Wildman–Crippen LogP) is 1.49. The van der Waals surface area contributed by atoms with Gasteiger partial charge < -0.3 is 15.4 Å². The Hall–Kier alpha value is -2.38. The van der Waals surface area contributed by atoms with Gasteiger partial charge in [0.2, 0.25) is 5.91 Å². The van der Waals surface area contributed by atoms with E-state index in [9.17, 15) is 9.59 Å². The normalized spacial score (nSPS) is 15.6. The lowest BCUT2D eigenvalue weighted by atomic mass is 9.87. The summed E-state index contributed by atoms with van der Waals surface area (Å²) in [6, 6.07) is 8.90. The number of halogens is 1. The first kappa shape index (κ1) is 19.9. The Kier molecular flexibility index (Phi) is 6.76. The van der Waals surface area contributed by atoms with Gasteiger partial charge in [-0.25, -0.2) is 4.79 Å². The van der Waals surface area contributed by atoms with Gasteiger partial charge in [-0.3, -0.25) is 9.48 Å². The van der Waals surface area contributed by atoms with Gasteiger partial charge >= 0.3 is 5.97 Å². The summed E-state index contributed by atoms with van der Waals surface area (Å²) in [5.41, 5.74) is 0.646. The number of ether oxygens (including phenoxy) is 1. The second-order valence-electron chi connectivity index (χ2n) is 6.11. The third-order valence-electron chi connectivity index (χ3n) is 4.60. The standard InChI is InChI=1S/C18H22N4O3.ClH/c1-25-16(23)15-5-2-4-14(12-15)13-20-17(24)18(6-9-19-10-7-18)22-11-3-8-21-22;/h2-5,8,11-12,19H,6-7,9-10,13H2,1H3,(H,20,24);1H. The molecule has 1 aliphatic heterocycles. The first-order valence-corrected chi connectivity index (χ1v) is 8.32. The van der Waals surface area contributed by atoms with Crippen LogP contribution in [0.1, 0.15) is 28.8 Å². The number of benzene rings is 1. The smallest absolute Gasteiger partial charge is 0.337 e. The third-order valence-corrected chi connectivity index (χ3v) is 4.60. The van der Waals surface area contributed by atoms with Crippen LogP contribution in [0.4, 0.5) is 0 Å². The highest BCUT2D eigenvalue weighted by Gasteiger charge is 2.41. The summed E-state index contributed by atoms with van der Waals surface area (Å²) in [6.07, 6.45) is 4.89. The Balaban J connectivity index is 0.00000243. The third kappa shape index (κ3) is 4.05. The van der Waals surface area contributed by atoms with Crippen molar-refractivity contribution >= 4 is 24.3 Å². The van der Waals surface area contributed by atoms with Crippen LogP contribution in [0.3, 0.4) is 0 Å². The highest BCUT2D eigenvalue weighted by Crippen LogP contribution is 2.27. The summed E-state index contributed by atoms with van der Waals surface area (Å²) >= 11 is 0. The largest absolute Gasteiger partial charge is 0.465 e. The van der Waals surface area contributed by atoms with Crippen molar-refractivity contribution in [2.75, 3.05) is 20.2 Å². The molecule has 1 fully saturated rings. The molecule has 26 heavy (non-hydrogen) atoms. The van der Waals surface area contributed by atoms with Crippen molar-refractivity contribution in [1.82, 2.24) is 20.4 Å².